The van der Waals surface area contributed by atoms with Crippen LogP contribution in [0.25, 0.3) is 0 Å². The van der Waals surface area contributed by atoms with Crippen LogP contribution in [0.2, 0.25) is 0 Å². The Morgan fingerprint density at radius 3 is 1.00 bits per heavy atom. The Labute approximate surface area is 103 Å². The molecule has 18 valence electrons. The summed E-state index contributed by atoms with van der Waals surface area (Å²) in [6.45, 7) is 0. The minimum atomic E-state index is 0. The van der Waals surface area contributed by atoms with E-state index in [-0.39, 0.29) is 106 Å². The van der Waals surface area contributed by atoms with E-state index in [9.17, 15) is 0 Å². The van der Waals surface area contributed by atoms with Crippen LogP contribution in [-0.2, 0) is 68.3 Å². The number of rotatable bonds is 0. The van der Waals surface area contributed by atoms with Crippen molar-refractivity contribution < 1.29 is 68.3 Å². The molecule has 0 aromatic heterocycles. The summed E-state index contributed by atoms with van der Waals surface area (Å²) in [5.41, 5.74) is 0. The van der Waals surface area contributed by atoms with Gasteiger partial charge in [0.05, 0.1) is 0 Å². The summed E-state index contributed by atoms with van der Waals surface area (Å²) in [5.74, 6) is 0. The van der Waals surface area contributed by atoms with Gasteiger partial charge in [0.1, 0.15) is 0 Å². The van der Waals surface area contributed by atoms with Gasteiger partial charge < -0.3 is 0 Å². The van der Waals surface area contributed by atoms with E-state index in [1.54, 1.807) is 0 Å². The molecule has 0 aliphatic heterocycles. The zero-order valence-corrected chi connectivity index (χ0v) is 9.63. The van der Waals surface area contributed by atoms with E-state index in [2.05, 4.69) is 0 Å². The molecule has 0 amide bonds. The van der Waals surface area contributed by atoms with Crippen LogP contribution in [0.3, 0.4) is 0 Å². The Morgan fingerprint density at radius 1 is 1.00 bits per heavy atom. The van der Waals surface area contributed by atoms with Crippen LogP contribution >= 0.6 is 0 Å². The van der Waals surface area contributed by atoms with Crippen LogP contribution < -0.4 is 0 Å². The van der Waals surface area contributed by atoms with Crippen LogP contribution in [0.4, 0.5) is 0 Å². The monoisotopic (exact) mass is 236 g/mol. The van der Waals surface area contributed by atoms with Crippen molar-refractivity contribution in [3.63, 3.8) is 0 Å². The first-order valence-corrected chi connectivity index (χ1v) is 0. The van der Waals surface area contributed by atoms with Gasteiger partial charge in [-0.3, -0.25) is 0 Å². The first kappa shape index (κ1) is 26.0. The van der Waals surface area contributed by atoms with E-state index >= 15 is 0 Å². The molecular weight excluding hydrogens is 236 g/mol. The molecule has 0 unspecified atom stereocenters. The second kappa shape index (κ2) is 16.1. The molecule has 4 heteroatoms. The Kier molecular flexibility index (Phi) is 104. The smallest absolute Gasteiger partial charge is 0 e. The summed E-state index contributed by atoms with van der Waals surface area (Å²) in [5, 5.41) is 0. The third-order valence-electron chi connectivity index (χ3n) is 0. The topological polar surface area (TPSA) is 0 Å². The molecule has 4 radical (unpaired) electrons. The summed E-state index contributed by atoms with van der Waals surface area (Å²) in [4.78, 5) is 0. The molecule has 0 heterocycles. The van der Waals surface area contributed by atoms with Gasteiger partial charge in [0.2, 0.25) is 0 Å². The van der Waals surface area contributed by atoms with Crippen LogP contribution in [0.5, 0.6) is 0 Å². The molecule has 0 fully saturated rings. The second-order valence-corrected chi connectivity index (χ2v) is 0. The molecule has 0 aromatic rings. The van der Waals surface area contributed by atoms with Crippen LogP contribution in [-0.4, -0.2) is 37.7 Å². The Balaban J connectivity index is 0. The first-order valence-electron chi connectivity index (χ1n) is 0. The maximum absolute atomic E-state index is 0. The Hall–Kier alpha value is 3.47. The van der Waals surface area contributed by atoms with Crippen molar-refractivity contribution in [1.29, 1.82) is 0 Å². The molecule has 0 rings (SSSR count). The van der Waals surface area contributed by atoms with Gasteiger partial charge in [0.25, 0.3) is 0 Å². The van der Waals surface area contributed by atoms with Crippen LogP contribution in [0.1, 0.15) is 0 Å². The standard InChI is InChI=1S/Ca.Fe.V.Y. The molecule has 0 atom stereocenters. The van der Waals surface area contributed by atoms with E-state index in [1.165, 1.54) is 0 Å². The molecule has 0 spiro atoms. The van der Waals surface area contributed by atoms with Crippen LogP contribution in [0.15, 0.2) is 0 Å². The zero-order chi connectivity index (χ0) is 0. The molecule has 0 aliphatic carbocycles. The van der Waals surface area contributed by atoms with E-state index in [4.69, 9.17) is 0 Å². The summed E-state index contributed by atoms with van der Waals surface area (Å²) in [6, 6.07) is 0. The fourth-order valence-electron chi connectivity index (χ4n) is 0. The van der Waals surface area contributed by atoms with Gasteiger partial charge in [-0.15, -0.1) is 0 Å². The second-order valence-electron chi connectivity index (χ2n) is 0. The quantitative estimate of drug-likeness (QED) is 0.502. The third kappa shape index (κ3) is 9.08. The van der Waals surface area contributed by atoms with Gasteiger partial charge >= 0.3 is 0 Å². The van der Waals surface area contributed by atoms with Crippen molar-refractivity contribution in [1.82, 2.24) is 0 Å². The molecule has 0 N–H and O–H groups in total. The maximum Gasteiger partial charge on any atom is 0 e. The third-order valence-corrected chi connectivity index (χ3v) is 0. The molecule has 0 saturated heterocycles. The van der Waals surface area contributed by atoms with Crippen molar-refractivity contribution in [2.45, 2.75) is 0 Å². The summed E-state index contributed by atoms with van der Waals surface area (Å²) in [7, 11) is 0. The van der Waals surface area contributed by atoms with Crippen molar-refractivity contribution in [2.24, 2.45) is 0 Å². The van der Waals surface area contributed by atoms with Crippen molar-refractivity contribution in [3.8, 4) is 0 Å². The molecule has 4 heavy (non-hydrogen) atoms. The Bertz CT molecular complexity index is 8.00. The van der Waals surface area contributed by atoms with E-state index in [0.29, 0.717) is 0 Å². The normalized spacial score (nSPS) is 0. The number of hydrogen-bond donors (Lipinski definition) is 0. The fraction of sp³-hybridized carbons (Fsp3) is 0. The van der Waals surface area contributed by atoms with Gasteiger partial charge in [-0.2, -0.15) is 0 Å². The summed E-state index contributed by atoms with van der Waals surface area (Å²) >= 11 is 0. The van der Waals surface area contributed by atoms with Crippen molar-refractivity contribution >= 4 is 37.7 Å². The molecule has 0 aliphatic rings. The molecule has 0 aromatic carbocycles. The molecule has 0 bridgehead atoms. The summed E-state index contributed by atoms with van der Waals surface area (Å²) in [6.07, 6.45) is 0. The largest absolute Gasteiger partial charge is 0 e. The zero-order valence-electron chi connectivity index (χ0n) is 2.09. The average molecular weight is 236 g/mol. The number of hydrogen-bond acceptors (Lipinski definition) is 0. The SMILES string of the molecule is [Ca].[Fe].[V].[Y]. The minimum Gasteiger partial charge on any atom is 0 e. The minimum absolute atomic E-state index is 0. The van der Waals surface area contributed by atoms with Gasteiger partial charge in [0, 0.05) is 106 Å². The predicted molar refractivity (Wildman–Crippen MR) is 5.75 cm³/mol. The molecule has 0 nitrogen and oxygen atoms in total. The van der Waals surface area contributed by atoms with Gasteiger partial charge in [-0.05, 0) is 0 Å². The maximum atomic E-state index is 0. The van der Waals surface area contributed by atoms with Gasteiger partial charge in [-0.25, -0.2) is 0 Å². The average Bonchev–Trinajstić information content (AvgIpc) is 0. The van der Waals surface area contributed by atoms with E-state index in [0.717, 1.165) is 0 Å². The summed E-state index contributed by atoms with van der Waals surface area (Å²) < 4.78 is 0. The molecular formula is CaFeVY. The Morgan fingerprint density at radius 2 is 1.00 bits per heavy atom. The van der Waals surface area contributed by atoms with Gasteiger partial charge in [0.15, 0.2) is 0 Å². The van der Waals surface area contributed by atoms with Gasteiger partial charge in [-0.1, -0.05) is 0 Å². The van der Waals surface area contributed by atoms with E-state index in [1.807, 2.05) is 0 Å². The van der Waals surface area contributed by atoms with Crippen LogP contribution in [0, 0.1) is 0 Å². The molecule has 0 saturated carbocycles. The fourth-order valence-corrected chi connectivity index (χ4v) is 0. The van der Waals surface area contributed by atoms with Crippen molar-refractivity contribution in [3.05, 3.63) is 0 Å². The first-order chi connectivity index (χ1) is 0. The van der Waals surface area contributed by atoms with E-state index < -0.39 is 0 Å². The van der Waals surface area contributed by atoms with Crippen molar-refractivity contribution in [2.75, 3.05) is 0 Å². The predicted octanol–water partition coefficient (Wildman–Crippen LogP) is -0.388.